The summed E-state index contributed by atoms with van der Waals surface area (Å²) in [6.45, 7) is 7.23. The van der Waals surface area contributed by atoms with Crippen LogP contribution in [0, 0.1) is 31.1 Å². The van der Waals surface area contributed by atoms with Gasteiger partial charge in [0, 0.05) is 33.6 Å². The number of carbonyl (C=O) groups is 1. The van der Waals surface area contributed by atoms with Crippen LogP contribution in [0.25, 0.3) is 10.9 Å². The maximum absolute atomic E-state index is 13.1. The summed E-state index contributed by atoms with van der Waals surface area (Å²) in [4.78, 5) is 14.3. The lowest BCUT2D eigenvalue weighted by Crippen LogP contribution is -2.34. The lowest BCUT2D eigenvalue weighted by molar-refractivity contribution is 0.0978. The van der Waals surface area contributed by atoms with Crippen LogP contribution in [-0.2, 0) is 19.4 Å². The van der Waals surface area contributed by atoms with Crippen LogP contribution in [0.1, 0.15) is 56.5 Å². The highest BCUT2D eigenvalue weighted by Gasteiger charge is 2.24. The monoisotopic (exact) mass is 512 g/mol. The van der Waals surface area contributed by atoms with Gasteiger partial charge in [0.1, 0.15) is 11.1 Å². The van der Waals surface area contributed by atoms with E-state index >= 15 is 0 Å². The number of thiophene rings is 1. The van der Waals surface area contributed by atoms with Crippen LogP contribution in [0.3, 0.4) is 0 Å². The fourth-order valence-corrected chi connectivity index (χ4v) is 6.65. The normalized spacial score (nSPS) is 14.8. The van der Waals surface area contributed by atoms with Crippen molar-refractivity contribution in [1.29, 1.82) is 5.26 Å². The predicted molar refractivity (Wildman–Crippen MR) is 151 cm³/mol. The largest absolute Gasteiger partial charge is 0.340 e. The Balaban J connectivity index is 1.34. The van der Waals surface area contributed by atoms with Crippen LogP contribution in [0.5, 0.6) is 0 Å². The molecule has 1 aliphatic carbocycles. The van der Waals surface area contributed by atoms with Gasteiger partial charge in [0.05, 0.1) is 5.56 Å². The van der Waals surface area contributed by atoms with E-state index in [1.54, 1.807) is 11.3 Å². The number of thiocarbonyl (C=S) groups is 1. The van der Waals surface area contributed by atoms with Crippen molar-refractivity contribution in [3.63, 3.8) is 0 Å². The number of amides is 1. The Bertz CT molecular complexity index is 1520. The van der Waals surface area contributed by atoms with Gasteiger partial charge in [0.2, 0.25) is 0 Å². The van der Waals surface area contributed by atoms with E-state index in [0.717, 1.165) is 52.8 Å². The highest BCUT2D eigenvalue weighted by molar-refractivity contribution is 7.80. The number of carbonyl (C=O) groups excluding carboxylic acids is 1. The molecule has 0 aliphatic heterocycles. The van der Waals surface area contributed by atoms with Crippen molar-refractivity contribution in [3.05, 3.63) is 86.9 Å². The maximum Gasteiger partial charge on any atom is 0.257 e. The molecule has 5 nitrogen and oxygen atoms in total. The first-order chi connectivity index (χ1) is 17.4. The minimum atomic E-state index is -0.268. The van der Waals surface area contributed by atoms with Crippen LogP contribution in [0.4, 0.5) is 5.00 Å². The Morgan fingerprint density at radius 1 is 1.22 bits per heavy atom. The number of hydrogen-bond acceptors (Lipinski definition) is 4. The third kappa shape index (κ3) is 4.55. The molecule has 2 N–H and O–H groups in total. The molecule has 0 bridgehead atoms. The van der Waals surface area contributed by atoms with E-state index in [4.69, 9.17) is 12.2 Å². The molecule has 0 radical (unpaired) electrons. The summed E-state index contributed by atoms with van der Waals surface area (Å²) < 4.78 is 2.29. The number of hydrogen-bond donors (Lipinski definition) is 2. The first-order valence-electron chi connectivity index (χ1n) is 12.2. The number of nitrogens with zero attached hydrogens (tertiary/aromatic N) is 2. The second-order valence-electron chi connectivity index (χ2n) is 9.59. The van der Waals surface area contributed by atoms with Gasteiger partial charge in [-0.1, -0.05) is 37.3 Å². The summed E-state index contributed by atoms with van der Waals surface area (Å²) in [6, 6.07) is 18.5. The summed E-state index contributed by atoms with van der Waals surface area (Å²) in [5, 5.41) is 17.6. The number of aryl methyl sites for hydroxylation is 1. The average Bonchev–Trinajstić information content (AvgIpc) is 3.32. The predicted octanol–water partition coefficient (Wildman–Crippen LogP) is 6.49. The van der Waals surface area contributed by atoms with Gasteiger partial charge in [-0.25, -0.2) is 0 Å². The lowest BCUT2D eigenvalue weighted by atomic mass is 9.89. The van der Waals surface area contributed by atoms with E-state index in [2.05, 4.69) is 54.2 Å². The molecule has 1 atom stereocenters. The Labute approximate surface area is 220 Å². The van der Waals surface area contributed by atoms with Crippen molar-refractivity contribution < 1.29 is 4.79 Å². The van der Waals surface area contributed by atoms with Crippen LogP contribution in [0.15, 0.2) is 48.5 Å². The minimum absolute atomic E-state index is 0.206. The van der Waals surface area contributed by atoms with Gasteiger partial charge in [-0.3, -0.25) is 10.1 Å². The molecule has 2 heterocycles. The molecule has 2 aromatic heterocycles. The van der Waals surface area contributed by atoms with E-state index in [-0.39, 0.29) is 11.0 Å². The van der Waals surface area contributed by atoms with Crippen LogP contribution >= 0.6 is 23.6 Å². The van der Waals surface area contributed by atoms with Crippen LogP contribution < -0.4 is 10.6 Å². The summed E-state index contributed by atoms with van der Waals surface area (Å²) in [7, 11) is 0. The minimum Gasteiger partial charge on any atom is -0.340 e. The van der Waals surface area contributed by atoms with Crippen molar-refractivity contribution in [3.8, 4) is 6.07 Å². The van der Waals surface area contributed by atoms with Gasteiger partial charge in [-0.2, -0.15) is 5.26 Å². The molecule has 7 heteroatoms. The number of fused-ring (bicyclic) bond motifs is 2. The SMILES string of the molecule is Cc1c(C)n(Cc2ccccc2)c2ccc(C(=O)NC(=S)Nc3sc4c(c3C#N)CCC(C)C4)cc12. The maximum atomic E-state index is 13.1. The fraction of sp³-hybridized carbons (Fsp3) is 0.276. The van der Waals surface area contributed by atoms with Crippen molar-refractivity contribution in [2.45, 2.75) is 46.6 Å². The first kappa shape index (κ1) is 24.2. The van der Waals surface area contributed by atoms with Crippen LogP contribution in [0.2, 0.25) is 0 Å². The number of benzene rings is 2. The van der Waals surface area contributed by atoms with Gasteiger partial charge in [0.25, 0.3) is 5.91 Å². The molecule has 2 aromatic carbocycles. The number of nitrogens with one attached hydrogen (secondary N) is 2. The molecule has 4 aromatic rings. The first-order valence-corrected chi connectivity index (χ1v) is 13.4. The van der Waals surface area contributed by atoms with Crippen molar-refractivity contribution in [2.75, 3.05) is 5.32 Å². The number of rotatable bonds is 4. The molecular weight excluding hydrogens is 484 g/mol. The second-order valence-corrected chi connectivity index (χ2v) is 11.1. The molecule has 0 fully saturated rings. The quantitative estimate of drug-likeness (QED) is 0.307. The van der Waals surface area contributed by atoms with Gasteiger partial charge in [-0.05, 0) is 86.1 Å². The summed E-state index contributed by atoms with van der Waals surface area (Å²) in [6.07, 6.45) is 2.99. The topological polar surface area (TPSA) is 69.8 Å². The number of nitriles is 1. The van der Waals surface area contributed by atoms with Crippen molar-refractivity contribution in [2.24, 2.45) is 5.92 Å². The van der Waals surface area contributed by atoms with E-state index in [9.17, 15) is 10.1 Å². The van der Waals surface area contributed by atoms with E-state index in [0.29, 0.717) is 17.0 Å². The smallest absolute Gasteiger partial charge is 0.257 e. The molecule has 1 unspecified atom stereocenters. The second kappa shape index (κ2) is 9.88. The lowest BCUT2D eigenvalue weighted by Gasteiger charge is -2.17. The van der Waals surface area contributed by atoms with Gasteiger partial charge in [0.15, 0.2) is 5.11 Å². The molecule has 0 saturated heterocycles. The van der Waals surface area contributed by atoms with Gasteiger partial charge in [-0.15, -0.1) is 11.3 Å². The molecule has 0 saturated carbocycles. The van der Waals surface area contributed by atoms with Crippen molar-refractivity contribution >= 4 is 50.5 Å². The Hall–Kier alpha value is -3.47. The average molecular weight is 513 g/mol. The van der Waals surface area contributed by atoms with Crippen LogP contribution in [-0.4, -0.2) is 15.6 Å². The highest BCUT2D eigenvalue weighted by atomic mass is 32.1. The number of anilines is 1. The summed E-state index contributed by atoms with van der Waals surface area (Å²) in [5.74, 6) is 0.350. The standard InChI is InChI=1S/C29H28N4OS2/c1-17-9-11-22-24(15-30)28(36-26(22)13-17)32-29(35)31-27(34)21-10-12-25-23(14-21)18(2)19(3)33(25)16-20-7-5-4-6-8-20/h4-8,10,12,14,17H,9,11,13,16H2,1-3H3,(H2,31,32,34,35). The molecule has 1 amide bonds. The zero-order valence-corrected chi connectivity index (χ0v) is 22.3. The van der Waals surface area contributed by atoms with E-state index in [1.807, 2.05) is 36.4 Å². The Morgan fingerprint density at radius 3 is 2.75 bits per heavy atom. The molecule has 36 heavy (non-hydrogen) atoms. The summed E-state index contributed by atoms with van der Waals surface area (Å²) >= 11 is 7.03. The molecule has 5 rings (SSSR count). The molecule has 182 valence electrons. The van der Waals surface area contributed by atoms with Gasteiger partial charge < -0.3 is 9.88 Å². The van der Waals surface area contributed by atoms with Gasteiger partial charge >= 0.3 is 0 Å². The Kier molecular flexibility index (Phi) is 6.65. The third-order valence-electron chi connectivity index (χ3n) is 7.16. The summed E-state index contributed by atoms with van der Waals surface area (Å²) in [5.41, 5.74) is 7.02. The van der Waals surface area contributed by atoms with E-state index in [1.165, 1.54) is 16.1 Å². The Morgan fingerprint density at radius 2 is 2.00 bits per heavy atom. The highest BCUT2D eigenvalue weighted by Crippen LogP contribution is 2.39. The zero-order chi connectivity index (χ0) is 25.4. The third-order valence-corrected chi connectivity index (χ3v) is 8.54. The molecular formula is C29H28N4OS2. The van der Waals surface area contributed by atoms with E-state index < -0.39 is 0 Å². The fourth-order valence-electron chi connectivity index (χ4n) is 5.03. The zero-order valence-electron chi connectivity index (χ0n) is 20.6. The number of aromatic nitrogens is 1. The molecule has 0 spiro atoms. The molecule has 1 aliphatic rings. The van der Waals surface area contributed by atoms with Crippen molar-refractivity contribution in [1.82, 2.24) is 9.88 Å².